The maximum absolute atomic E-state index is 14.0. The smallest absolute Gasteiger partial charge is 0.244 e. The Labute approximate surface area is 237 Å². The van der Waals surface area contributed by atoms with Gasteiger partial charge in [0.05, 0.1) is 26.2 Å². The zero-order valence-electron chi connectivity index (χ0n) is 22.3. The summed E-state index contributed by atoms with van der Waals surface area (Å²) in [6.07, 6.45) is 1.26. The molecule has 11 heteroatoms. The standard InChI is InChI=1S/C28H32BrN3O6S/c1-30-28(34)25(16-20-9-6-5-7-10-20)31(18-21-11-8-12-22(29)15-21)27(33)19-32(39(4,35)36)24-14-13-23(37-2)17-26(24)38-3/h5-15,17,25H,16,18-19H2,1-4H3,(H,30,34). The molecule has 3 aromatic rings. The van der Waals surface area contributed by atoms with Crippen molar-refractivity contribution in [1.29, 1.82) is 0 Å². The van der Waals surface area contributed by atoms with Gasteiger partial charge < -0.3 is 19.7 Å². The number of amides is 2. The highest BCUT2D eigenvalue weighted by Gasteiger charge is 2.33. The normalized spacial score (nSPS) is 11.8. The third-order valence-corrected chi connectivity index (χ3v) is 7.71. The number of methoxy groups -OCH3 is 2. The molecule has 0 spiro atoms. The van der Waals surface area contributed by atoms with Gasteiger partial charge in [0.2, 0.25) is 21.8 Å². The fraction of sp³-hybridized carbons (Fsp3) is 0.286. The molecule has 3 aromatic carbocycles. The third kappa shape index (κ3) is 7.96. The van der Waals surface area contributed by atoms with Gasteiger partial charge in [0.1, 0.15) is 24.1 Å². The molecule has 0 bridgehead atoms. The van der Waals surface area contributed by atoms with E-state index in [9.17, 15) is 18.0 Å². The fourth-order valence-corrected chi connectivity index (χ4v) is 5.44. The fourth-order valence-electron chi connectivity index (χ4n) is 4.14. The minimum absolute atomic E-state index is 0.0839. The predicted octanol–water partition coefficient (Wildman–Crippen LogP) is 3.62. The van der Waals surface area contributed by atoms with Crippen molar-refractivity contribution >= 4 is 43.5 Å². The van der Waals surface area contributed by atoms with Gasteiger partial charge in [-0.15, -0.1) is 0 Å². The van der Waals surface area contributed by atoms with Gasteiger partial charge in [-0.1, -0.05) is 58.4 Å². The van der Waals surface area contributed by atoms with Crippen molar-refractivity contribution in [3.63, 3.8) is 0 Å². The summed E-state index contributed by atoms with van der Waals surface area (Å²) in [4.78, 5) is 28.6. The highest BCUT2D eigenvalue weighted by molar-refractivity contribution is 9.10. The average Bonchev–Trinajstić information content (AvgIpc) is 2.92. The monoisotopic (exact) mass is 617 g/mol. The molecule has 0 aliphatic rings. The van der Waals surface area contributed by atoms with E-state index in [1.807, 2.05) is 54.6 Å². The lowest BCUT2D eigenvalue weighted by molar-refractivity contribution is -0.139. The van der Waals surface area contributed by atoms with Crippen LogP contribution in [0.1, 0.15) is 11.1 Å². The molecule has 39 heavy (non-hydrogen) atoms. The minimum Gasteiger partial charge on any atom is -0.497 e. The highest BCUT2D eigenvalue weighted by Crippen LogP contribution is 2.34. The summed E-state index contributed by atoms with van der Waals surface area (Å²) in [6, 6.07) is 20.5. The van der Waals surface area contributed by atoms with Gasteiger partial charge in [-0.2, -0.15) is 0 Å². The second-order valence-electron chi connectivity index (χ2n) is 8.78. The number of hydrogen-bond acceptors (Lipinski definition) is 6. The number of hydrogen-bond donors (Lipinski definition) is 1. The molecule has 208 valence electrons. The molecule has 0 saturated heterocycles. The average molecular weight is 619 g/mol. The van der Waals surface area contributed by atoms with Crippen LogP contribution in [0.3, 0.4) is 0 Å². The zero-order valence-corrected chi connectivity index (χ0v) is 24.7. The molecule has 1 N–H and O–H groups in total. The molecule has 1 atom stereocenters. The number of halogens is 1. The SMILES string of the molecule is CNC(=O)C(Cc1ccccc1)N(Cc1cccc(Br)c1)C(=O)CN(c1ccc(OC)cc1OC)S(C)(=O)=O. The summed E-state index contributed by atoms with van der Waals surface area (Å²) >= 11 is 3.45. The van der Waals surface area contributed by atoms with E-state index in [1.165, 1.54) is 32.2 Å². The van der Waals surface area contributed by atoms with Crippen molar-refractivity contribution in [2.24, 2.45) is 0 Å². The third-order valence-electron chi connectivity index (χ3n) is 6.09. The van der Waals surface area contributed by atoms with Crippen molar-refractivity contribution < 1.29 is 27.5 Å². The van der Waals surface area contributed by atoms with Crippen LogP contribution in [0.4, 0.5) is 5.69 Å². The largest absolute Gasteiger partial charge is 0.497 e. The van der Waals surface area contributed by atoms with E-state index >= 15 is 0 Å². The Morgan fingerprint density at radius 1 is 0.949 bits per heavy atom. The Bertz CT molecular complexity index is 1400. The lowest BCUT2D eigenvalue weighted by Crippen LogP contribution is -2.52. The molecule has 2 amide bonds. The molecular formula is C28H32BrN3O6S. The van der Waals surface area contributed by atoms with Gasteiger partial charge in [0.15, 0.2) is 0 Å². The van der Waals surface area contributed by atoms with Crippen LogP contribution in [0, 0.1) is 0 Å². The molecule has 0 aliphatic heterocycles. The zero-order chi connectivity index (χ0) is 28.6. The van der Waals surface area contributed by atoms with E-state index in [0.29, 0.717) is 5.75 Å². The number of anilines is 1. The molecule has 0 heterocycles. The number of carbonyl (C=O) groups is 2. The van der Waals surface area contributed by atoms with Crippen LogP contribution in [0.2, 0.25) is 0 Å². The topological polar surface area (TPSA) is 105 Å². The van der Waals surface area contributed by atoms with E-state index in [1.54, 1.807) is 12.1 Å². The first-order chi connectivity index (χ1) is 18.6. The Balaban J connectivity index is 2.06. The maximum atomic E-state index is 14.0. The summed E-state index contributed by atoms with van der Waals surface area (Å²) in [5.74, 6) is -0.231. The van der Waals surface area contributed by atoms with Crippen LogP contribution in [0.5, 0.6) is 11.5 Å². The van der Waals surface area contributed by atoms with Crippen molar-refractivity contribution in [3.8, 4) is 11.5 Å². The summed E-state index contributed by atoms with van der Waals surface area (Å²) < 4.78 is 38.3. The molecule has 1 unspecified atom stereocenters. The number of nitrogens with one attached hydrogen (secondary N) is 1. The molecular weight excluding hydrogens is 586 g/mol. The molecule has 0 aliphatic carbocycles. The Morgan fingerprint density at radius 2 is 1.64 bits per heavy atom. The molecule has 0 aromatic heterocycles. The number of rotatable bonds is 12. The van der Waals surface area contributed by atoms with Crippen LogP contribution >= 0.6 is 15.9 Å². The number of sulfonamides is 1. The number of nitrogens with zero attached hydrogens (tertiary/aromatic N) is 2. The van der Waals surface area contributed by atoms with Crippen LogP contribution < -0.4 is 19.1 Å². The number of benzene rings is 3. The van der Waals surface area contributed by atoms with Gasteiger partial charge in [-0.05, 0) is 35.4 Å². The van der Waals surface area contributed by atoms with E-state index in [4.69, 9.17) is 9.47 Å². The first kappa shape index (κ1) is 30.0. The Kier molecular flexibility index (Phi) is 10.4. The van der Waals surface area contributed by atoms with Crippen molar-refractivity contribution in [2.75, 3.05) is 38.4 Å². The molecule has 0 radical (unpaired) electrons. The van der Waals surface area contributed by atoms with E-state index in [-0.39, 0.29) is 30.3 Å². The summed E-state index contributed by atoms with van der Waals surface area (Å²) in [6.45, 7) is -0.460. The summed E-state index contributed by atoms with van der Waals surface area (Å²) in [7, 11) is 0.464. The first-order valence-corrected chi connectivity index (χ1v) is 14.7. The minimum atomic E-state index is -3.93. The van der Waals surface area contributed by atoms with Crippen LogP contribution in [-0.4, -0.2) is 65.2 Å². The van der Waals surface area contributed by atoms with Crippen molar-refractivity contribution in [1.82, 2.24) is 10.2 Å². The van der Waals surface area contributed by atoms with Gasteiger partial charge >= 0.3 is 0 Å². The van der Waals surface area contributed by atoms with E-state index < -0.39 is 28.5 Å². The lowest BCUT2D eigenvalue weighted by Gasteiger charge is -2.33. The Morgan fingerprint density at radius 3 is 2.23 bits per heavy atom. The number of ether oxygens (including phenoxy) is 2. The van der Waals surface area contributed by atoms with Gasteiger partial charge in [-0.3, -0.25) is 13.9 Å². The van der Waals surface area contributed by atoms with Crippen molar-refractivity contribution in [3.05, 3.63) is 88.4 Å². The van der Waals surface area contributed by atoms with E-state index in [2.05, 4.69) is 21.2 Å². The lowest BCUT2D eigenvalue weighted by atomic mass is 10.0. The van der Waals surface area contributed by atoms with Crippen LogP contribution in [0.15, 0.2) is 77.3 Å². The second kappa shape index (κ2) is 13.5. The number of likely N-dealkylation sites (N-methyl/N-ethyl adjacent to an activating group) is 1. The van der Waals surface area contributed by atoms with Crippen LogP contribution in [-0.2, 0) is 32.6 Å². The van der Waals surface area contributed by atoms with Gasteiger partial charge in [0, 0.05) is 30.6 Å². The molecule has 0 saturated carbocycles. The van der Waals surface area contributed by atoms with Gasteiger partial charge in [0.25, 0.3) is 0 Å². The van der Waals surface area contributed by atoms with Gasteiger partial charge in [-0.25, -0.2) is 8.42 Å². The first-order valence-electron chi connectivity index (χ1n) is 12.1. The summed E-state index contributed by atoms with van der Waals surface area (Å²) in [5.41, 5.74) is 1.80. The van der Waals surface area contributed by atoms with Crippen LogP contribution in [0.25, 0.3) is 0 Å². The van der Waals surface area contributed by atoms with E-state index in [0.717, 1.165) is 26.2 Å². The molecule has 0 fully saturated rings. The molecule has 3 rings (SSSR count). The quantitative estimate of drug-likeness (QED) is 0.333. The number of carbonyl (C=O) groups excluding carboxylic acids is 2. The second-order valence-corrected chi connectivity index (χ2v) is 11.6. The molecule has 9 nitrogen and oxygen atoms in total. The maximum Gasteiger partial charge on any atom is 0.244 e. The van der Waals surface area contributed by atoms with Crippen molar-refractivity contribution in [2.45, 2.75) is 19.0 Å². The predicted molar refractivity (Wildman–Crippen MR) is 154 cm³/mol. The highest BCUT2D eigenvalue weighted by atomic mass is 79.9. The summed E-state index contributed by atoms with van der Waals surface area (Å²) in [5, 5.41) is 2.66. The Hall–Kier alpha value is -3.57.